The zero-order valence-corrected chi connectivity index (χ0v) is 9.27. The van der Waals surface area contributed by atoms with Gasteiger partial charge in [-0.05, 0) is 26.9 Å². The van der Waals surface area contributed by atoms with E-state index in [2.05, 4.69) is 25.7 Å². The van der Waals surface area contributed by atoms with Gasteiger partial charge in [0.1, 0.15) is 5.56 Å². The number of alkyl halides is 1. The van der Waals surface area contributed by atoms with E-state index in [0.29, 0.717) is 12.6 Å². The fourth-order valence-corrected chi connectivity index (χ4v) is 1.55. The summed E-state index contributed by atoms with van der Waals surface area (Å²) in [5, 5.41) is 0. The van der Waals surface area contributed by atoms with E-state index in [1.54, 1.807) is 0 Å². The maximum atomic E-state index is 6.02. The van der Waals surface area contributed by atoms with Crippen LogP contribution in [-0.4, -0.2) is 36.2 Å². The molecule has 2 nitrogen and oxygen atoms in total. The first-order valence-corrected chi connectivity index (χ1v) is 5.10. The standard InChI is InChI=1S/C9H20ClNO/c1-5-11(6-2)8(4)9(10)12-7-3/h8-9H,5-7H2,1-4H3. The highest BCUT2D eigenvalue weighted by atomic mass is 35.5. The van der Waals surface area contributed by atoms with E-state index in [4.69, 9.17) is 16.3 Å². The second kappa shape index (κ2) is 6.70. The van der Waals surface area contributed by atoms with Crippen molar-refractivity contribution in [2.24, 2.45) is 0 Å². The molecule has 0 aliphatic rings. The van der Waals surface area contributed by atoms with E-state index in [-0.39, 0.29) is 5.56 Å². The fourth-order valence-electron chi connectivity index (χ4n) is 1.26. The Morgan fingerprint density at radius 1 is 1.25 bits per heavy atom. The van der Waals surface area contributed by atoms with Crippen LogP contribution in [0, 0.1) is 0 Å². The molecular formula is C9H20ClNO. The summed E-state index contributed by atoms with van der Waals surface area (Å²) >= 11 is 6.02. The predicted octanol–water partition coefficient (Wildman–Crippen LogP) is 2.32. The summed E-state index contributed by atoms with van der Waals surface area (Å²) in [4.78, 5) is 2.29. The Morgan fingerprint density at radius 3 is 2.08 bits per heavy atom. The van der Waals surface area contributed by atoms with Crippen LogP contribution in [0.1, 0.15) is 27.7 Å². The first-order chi connectivity index (χ1) is 5.67. The molecule has 2 unspecified atom stereocenters. The molecule has 0 aliphatic heterocycles. The third-order valence-corrected chi connectivity index (χ3v) is 2.58. The summed E-state index contributed by atoms with van der Waals surface area (Å²) in [5.74, 6) is 0. The van der Waals surface area contributed by atoms with Gasteiger partial charge < -0.3 is 4.74 Å². The summed E-state index contributed by atoms with van der Waals surface area (Å²) in [7, 11) is 0. The molecule has 0 saturated heterocycles. The van der Waals surface area contributed by atoms with Crippen LogP contribution in [0.5, 0.6) is 0 Å². The monoisotopic (exact) mass is 193 g/mol. The van der Waals surface area contributed by atoms with E-state index >= 15 is 0 Å². The van der Waals surface area contributed by atoms with Crippen molar-refractivity contribution >= 4 is 11.6 Å². The Morgan fingerprint density at radius 2 is 1.75 bits per heavy atom. The molecule has 0 fully saturated rings. The van der Waals surface area contributed by atoms with Gasteiger partial charge in [-0.3, -0.25) is 4.90 Å². The molecule has 0 aromatic carbocycles. The molecule has 3 heteroatoms. The molecule has 12 heavy (non-hydrogen) atoms. The Hall–Kier alpha value is 0.210. The SMILES string of the molecule is CCOC(Cl)C(C)N(CC)CC. The van der Waals surface area contributed by atoms with E-state index in [9.17, 15) is 0 Å². The molecular weight excluding hydrogens is 174 g/mol. The Bertz CT molecular complexity index is 107. The van der Waals surface area contributed by atoms with Gasteiger partial charge in [-0.1, -0.05) is 25.4 Å². The number of hydrogen-bond donors (Lipinski definition) is 0. The number of halogens is 1. The third-order valence-electron chi connectivity index (χ3n) is 2.09. The average Bonchev–Trinajstić information content (AvgIpc) is 2.07. The van der Waals surface area contributed by atoms with E-state index in [0.717, 1.165) is 13.1 Å². The lowest BCUT2D eigenvalue weighted by Gasteiger charge is -2.29. The number of ether oxygens (including phenoxy) is 1. The molecule has 0 aliphatic carbocycles. The molecule has 2 atom stereocenters. The first-order valence-electron chi connectivity index (χ1n) is 4.67. The first kappa shape index (κ1) is 12.2. The average molecular weight is 194 g/mol. The van der Waals surface area contributed by atoms with E-state index in [1.807, 2.05) is 6.92 Å². The number of likely N-dealkylation sites (N-methyl/N-ethyl adjacent to an activating group) is 1. The van der Waals surface area contributed by atoms with Crippen LogP contribution in [0.25, 0.3) is 0 Å². The molecule has 0 bridgehead atoms. The van der Waals surface area contributed by atoms with Crippen LogP contribution in [0.15, 0.2) is 0 Å². The van der Waals surface area contributed by atoms with Crippen molar-refractivity contribution in [1.29, 1.82) is 0 Å². The molecule has 0 radical (unpaired) electrons. The molecule has 0 amide bonds. The van der Waals surface area contributed by atoms with Crippen molar-refractivity contribution in [3.63, 3.8) is 0 Å². The van der Waals surface area contributed by atoms with Crippen LogP contribution in [0.4, 0.5) is 0 Å². The second-order valence-corrected chi connectivity index (χ2v) is 3.20. The normalized spacial score (nSPS) is 16.5. The minimum atomic E-state index is -0.185. The van der Waals surface area contributed by atoms with Crippen LogP contribution < -0.4 is 0 Å². The molecule has 0 heterocycles. The van der Waals surface area contributed by atoms with Crippen molar-refractivity contribution in [3.05, 3.63) is 0 Å². The fraction of sp³-hybridized carbons (Fsp3) is 1.00. The molecule has 74 valence electrons. The van der Waals surface area contributed by atoms with Gasteiger partial charge >= 0.3 is 0 Å². The summed E-state index contributed by atoms with van der Waals surface area (Å²) in [5.41, 5.74) is -0.185. The Labute approximate surface area is 80.8 Å². The number of hydrogen-bond acceptors (Lipinski definition) is 2. The zero-order valence-electron chi connectivity index (χ0n) is 8.51. The summed E-state index contributed by atoms with van der Waals surface area (Å²) < 4.78 is 5.31. The molecule has 0 spiro atoms. The van der Waals surface area contributed by atoms with Gasteiger partial charge in [-0.15, -0.1) is 0 Å². The summed E-state index contributed by atoms with van der Waals surface area (Å²) in [6, 6.07) is 0.293. The molecule has 0 aromatic rings. The molecule has 0 rings (SSSR count). The van der Waals surface area contributed by atoms with Gasteiger partial charge in [0, 0.05) is 12.6 Å². The van der Waals surface area contributed by atoms with Gasteiger partial charge in [0.15, 0.2) is 0 Å². The largest absolute Gasteiger partial charge is 0.361 e. The van der Waals surface area contributed by atoms with Crippen LogP contribution >= 0.6 is 11.6 Å². The van der Waals surface area contributed by atoms with Crippen molar-refractivity contribution in [3.8, 4) is 0 Å². The smallest absolute Gasteiger partial charge is 0.146 e. The number of nitrogens with zero attached hydrogens (tertiary/aromatic N) is 1. The van der Waals surface area contributed by atoms with Gasteiger partial charge in [-0.2, -0.15) is 0 Å². The van der Waals surface area contributed by atoms with Crippen molar-refractivity contribution in [1.82, 2.24) is 4.90 Å². The van der Waals surface area contributed by atoms with E-state index < -0.39 is 0 Å². The van der Waals surface area contributed by atoms with Gasteiger partial charge in [0.25, 0.3) is 0 Å². The lowest BCUT2D eigenvalue weighted by molar-refractivity contribution is 0.0502. The topological polar surface area (TPSA) is 12.5 Å². The lowest BCUT2D eigenvalue weighted by Crippen LogP contribution is -2.40. The lowest BCUT2D eigenvalue weighted by atomic mass is 10.3. The predicted molar refractivity (Wildman–Crippen MR) is 53.7 cm³/mol. The van der Waals surface area contributed by atoms with Gasteiger partial charge in [0.2, 0.25) is 0 Å². The summed E-state index contributed by atoms with van der Waals surface area (Å²) in [6.07, 6.45) is 0. The highest BCUT2D eigenvalue weighted by Crippen LogP contribution is 2.11. The third kappa shape index (κ3) is 3.74. The Kier molecular flexibility index (Phi) is 6.81. The van der Waals surface area contributed by atoms with Crippen LogP contribution in [-0.2, 0) is 4.74 Å². The van der Waals surface area contributed by atoms with Crippen molar-refractivity contribution in [2.45, 2.75) is 39.3 Å². The minimum Gasteiger partial charge on any atom is -0.361 e. The molecule has 0 N–H and O–H groups in total. The summed E-state index contributed by atoms with van der Waals surface area (Å²) in [6.45, 7) is 11.1. The number of rotatable bonds is 6. The Balaban J connectivity index is 3.87. The van der Waals surface area contributed by atoms with Crippen molar-refractivity contribution in [2.75, 3.05) is 19.7 Å². The minimum absolute atomic E-state index is 0.185. The highest BCUT2D eigenvalue weighted by Gasteiger charge is 2.18. The van der Waals surface area contributed by atoms with E-state index in [1.165, 1.54) is 0 Å². The van der Waals surface area contributed by atoms with Gasteiger partial charge in [-0.25, -0.2) is 0 Å². The zero-order chi connectivity index (χ0) is 9.56. The second-order valence-electron chi connectivity index (χ2n) is 2.77. The quantitative estimate of drug-likeness (QED) is 0.601. The highest BCUT2D eigenvalue weighted by molar-refractivity contribution is 6.20. The maximum Gasteiger partial charge on any atom is 0.146 e. The van der Waals surface area contributed by atoms with Gasteiger partial charge in [0.05, 0.1) is 0 Å². The van der Waals surface area contributed by atoms with Crippen LogP contribution in [0.3, 0.4) is 0 Å². The van der Waals surface area contributed by atoms with Crippen molar-refractivity contribution < 1.29 is 4.74 Å². The molecule has 0 saturated carbocycles. The maximum absolute atomic E-state index is 6.02. The molecule has 0 aromatic heterocycles. The van der Waals surface area contributed by atoms with Crippen LogP contribution in [0.2, 0.25) is 0 Å².